The number of nitrogens with one attached hydrogen (secondary N) is 1. The van der Waals surface area contributed by atoms with Crippen molar-refractivity contribution < 1.29 is 0 Å². The fourth-order valence-electron chi connectivity index (χ4n) is 2.41. The molecule has 0 amide bonds. The highest BCUT2D eigenvalue weighted by Gasteiger charge is 2.17. The molecule has 0 aromatic carbocycles. The van der Waals surface area contributed by atoms with Gasteiger partial charge in [-0.2, -0.15) is 16.9 Å². The van der Waals surface area contributed by atoms with E-state index in [2.05, 4.69) is 45.0 Å². The topological polar surface area (TPSA) is 29.9 Å². The van der Waals surface area contributed by atoms with Gasteiger partial charge in [0.05, 0.1) is 5.69 Å². The normalized spacial score (nSPS) is 14.8. The third-order valence-corrected chi connectivity index (χ3v) is 4.36. The summed E-state index contributed by atoms with van der Waals surface area (Å²) >= 11 is 2.01. The highest BCUT2D eigenvalue weighted by atomic mass is 32.2. The zero-order chi connectivity index (χ0) is 13.7. The van der Waals surface area contributed by atoms with Crippen LogP contribution in [0.25, 0.3) is 0 Å². The van der Waals surface area contributed by atoms with Crippen molar-refractivity contribution >= 4 is 11.8 Å². The van der Waals surface area contributed by atoms with Gasteiger partial charge in [-0.3, -0.25) is 4.68 Å². The zero-order valence-corrected chi connectivity index (χ0v) is 13.4. The van der Waals surface area contributed by atoms with Crippen molar-refractivity contribution in [1.29, 1.82) is 0 Å². The SMILES string of the molecule is CCSCCC(C)NC(C)c1c(C)nn(C)c1C. The van der Waals surface area contributed by atoms with Gasteiger partial charge in [0.1, 0.15) is 0 Å². The smallest absolute Gasteiger partial charge is 0.0644 e. The van der Waals surface area contributed by atoms with E-state index in [0.717, 1.165) is 5.69 Å². The summed E-state index contributed by atoms with van der Waals surface area (Å²) in [4.78, 5) is 0. The minimum Gasteiger partial charge on any atom is -0.308 e. The lowest BCUT2D eigenvalue weighted by molar-refractivity contribution is 0.469. The minimum atomic E-state index is 0.375. The van der Waals surface area contributed by atoms with Crippen LogP contribution >= 0.6 is 11.8 Å². The molecule has 2 unspecified atom stereocenters. The van der Waals surface area contributed by atoms with Crippen molar-refractivity contribution in [3.8, 4) is 0 Å². The second-order valence-electron chi connectivity index (χ2n) is 4.98. The molecule has 4 heteroatoms. The summed E-state index contributed by atoms with van der Waals surface area (Å²) < 4.78 is 1.97. The predicted octanol–water partition coefficient (Wildman–Crippen LogP) is 3.22. The van der Waals surface area contributed by atoms with Crippen molar-refractivity contribution in [3.05, 3.63) is 17.0 Å². The summed E-state index contributed by atoms with van der Waals surface area (Å²) in [6.07, 6.45) is 1.22. The molecule has 1 aromatic heterocycles. The van der Waals surface area contributed by atoms with Gasteiger partial charge in [-0.05, 0) is 45.6 Å². The molecule has 1 N–H and O–H groups in total. The summed E-state index contributed by atoms with van der Waals surface area (Å²) in [6, 6.07) is 0.929. The van der Waals surface area contributed by atoms with Gasteiger partial charge in [0.25, 0.3) is 0 Å². The van der Waals surface area contributed by atoms with Gasteiger partial charge < -0.3 is 5.32 Å². The van der Waals surface area contributed by atoms with Crippen LogP contribution in [0.4, 0.5) is 0 Å². The first kappa shape index (κ1) is 15.6. The molecule has 0 radical (unpaired) electrons. The van der Waals surface area contributed by atoms with Crippen LogP contribution in [0.5, 0.6) is 0 Å². The van der Waals surface area contributed by atoms with E-state index in [1.165, 1.54) is 29.2 Å². The number of rotatable bonds is 7. The van der Waals surface area contributed by atoms with E-state index in [1.807, 2.05) is 23.5 Å². The molecule has 2 atom stereocenters. The Morgan fingerprint density at radius 1 is 1.33 bits per heavy atom. The Hall–Kier alpha value is -0.480. The minimum absolute atomic E-state index is 0.375. The molecule has 1 rings (SSSR count). The lowest BCUT2D eigenvalue weighted by atomic mass is 10.1. The lowest BCUT2D eigenvalue weighted by Gasteiger charge is -2.20. The molecule has 3 nitrogen and oxygen atoms in total. The summed E-state index contributed by atoms with van der Waals surface area (Å²) in [5.74, 6) is 2.45. The van der Waals surface area contributed by atoms with Gasteiger partial charge in [0.2, 0.25) is 0 Å². The third-order valence-electron chi connectivity index (χ3n) is 3.43. The molecule has 1 heterocycles. The van der Waals surface area contributed by atoms with Gasteiger partial charge in [0.15, 0.2) is 0 Å². The molecule has 0 saturated carbocycles. The molecular weight excluding hydrogens is 242 g/mol. The number of hydrogen-bond acceptors (Lipinski definition) is 3. The first-order valence-corrected chi connectivity index (χ1v) is 7.96. The van der Waals surface area contributed by atoms with E-state index < -0.39 is 0 Å². The standard InChI is InChI=1S/C14H27N3S/c1-7-18-9-8-10(2)15-11(3)14-12(4)16-17(6)13(14)5/h10-11,15H,7-9H2,1-6H3. The molecular formula is C14H27N3S. The van der Waals surface area contributed by atoms with Crippen LogP contribution in [0.2, 0.25) is 0 Å². The molecule has 0 bridgehead atoms. The fraction of sp³-hybridized carbons (Fsp3) is 0.786. The summed E-state index contributed by atoms with van der Waals surface area (Å²) in [6.45, 7) is 11.0. The lowest BCUT2D eigenvalue weighted by Crippen LogP contribution is -2.30. The van der Waals surface area contributed by atoms with Crippen LogP contribution in [0.15, 0.2) is 0 Å². The van der Waals surface area contributed by atoms with E-state index in [4.69, 9.17) is 0 Å². The van der Waals surface area contributed by atoms with E-state index in [-0.39, 0.29) is 0 Å². The van der Waals surface area contributed by atoms with E-state index in [0.29, 0.717) is 12.1 Å². The van der Waals surface area contributed by atoms with E-state index in [1.54, 1.807) is 0 Å². The number of aryl methyl sites for hydroxylation is 2. The van der Waals surface area contributed by atoms with Gasteiger partial charge in [-0.15, -0.1) is 0 Å². The maximum Gasteiger partial charge on any atom is 0.0644 e. The summed E-state index contributed by atoms with van der Waals surface area (Å²) in [5.41, 5.74) is 3.76. The molecule has 18 heavy (non-hydrogen) atoms. The van der Waals surface area contributed by atoms with Crippen LogP contribution in [-0.4, -0.2) is 27.3 Å². The Balaban J connectivity index is 2.56. The Kier molecular flexibility index (Phi) is 6.22. The predicted molar refractivity (Wildman–Crippen MR) is 81.3 cm³/mol. The highest BCUT2D eigenvalue weighted by molar-refractivity contribution is 7.99. The van der Waals surface area contributed by atoms with Gasteiger partial charge in [-0.25, -0.2) is 0 Å². The van der Waals surface area contributed by atoms with Crippen LogP contribution in [0.1, 0.15) is 50.2 Å². The van der Waals surface area contributed by atoms with Gasteiger partial charge >= 0.3 is 0 Å². The molecule has 0 aliphatic carbocycles. The van der Waals surface area contributed by atoms with Crippen molar-refractivity contribution in [1.82, 2.24) is 15.1 Å². The van der Waals surface area contributed by atoms with Crippen LogP contribution in [0.3, 0.4) is 0 Å². The average molecular weight is 269 g/mol. The second-order valence-corrected chi connectivity index (χ2v) is 6.38. The van der Waals surface area contributed by atoms with Crippen molar-refractivity contribution in [2.75, 3.05) is 11.5 Å². The Bertz CT molecular complexity index is 373. The number of aromatic nitrogens is 2. The summed E-state index contributed by atoms with van der Waals surface area (Å²) in [5, 5.41) is 8.17. The van der Waals surface area contributed by atoms with Gasteiger partial charge in [-0.1, -0.05) is 6.92 Å². The van der Waals surface area contributed by atoms with Crippen molar-refractivity contribution in [3.63, 3.8) is 0 Å². The van der Waals surface area contributed by atoms with Crippen LogP contribution in [0, 0.1) is 13.8 Å². The maximum absolute atomic E-state index is 4.49. The van der Waals surface area contributed by atoms with Crippen LogP contribution < -0.4 is 5.32 Å². The molecule has 0 spiro atoms. The van der Waals surface area contributed by atoms with E-state index in [9.17, 15) is 0 Å². The average Bonchev–Trinajstić information content (AvgIpc) is 2.53. The molecule has 0 aliphatic heterocycles. The molecule has 0 fully saturated rings. The molecule has 0 aliphatic rings. The zero-order valence-electron chi connectivity index (χ0n) is 12.6. The Labute approximate surface area is 116 Å². The van der Waals surface area contributed by atoms with Crippen molar-refractivity contribution in [2.45, 2.75) is 53.1 Å². The summed E-state index contributed by atoms with van der Waals surface area (Å²) in [7, 11) is 2.01. The maximum atomic E-state index is 4.49. The Morgan fingerprint density at radius 3 is 2.50 bits per heavy atom. The highest BCUT2D eigenvalue weighted by Crippen LogP contribution is 2.21. The van der Waals surface area contributed by atoms with Gasteiger partial charge in [0, 0.05) is 30.4 Å². The molecule has 104 valence electrons. The second kappa shape index (κ2) is 7.19. The largest absolute Gasteiger partial charge is 0.308 e. The quantitative estimate of drug-likeness (QED) is 0.771. The Morgan fingerprint density at radius 2 is 2.00 bits per heavy atom. The van der Waals surface area contributed by atoms with Crippen LogP contribution in [-0.2, 0) is 7.05 Å². The first-order valence-electron chi connectivity index (χ1n) is 6.81. The number of nitrogens with zero attached hydrogens (tertiary/aromatic N) is 2. The van der Waals surface area contributed by atoms with E-state index >= 15 is 0 Å². The number of thioether (sulfide) groups is 1. The third kappa shape index (κ3) is 4.02. The number of hydrogen-bond donors (Lipinski definition) is 1. The fourth-order valence-corrected chi connectivity index (χ4v) is 3.22. The molecule has 0 saturated heterocycles. The molecule has 1 aromatic rings. The first-order chi connectivity index (χ1) is 8.47. The van der Waals surface area contributed by atoms with Crippen molar-refractivity contribution in [2.24, 2.45) is 7.05 Å². The monoisotopic (exact) mass is 269 g/mol.